The molecule has 0 amide bonds. The fourth-order valence-corrected chi connectivity index (χ4v) is 4.82. The molecule has 1 saturated heterocycles. The molecule has 0 radical (unpaired) electrons. The number of likely N-dealkylation sites (N-methyl/N-ethyl adjacent to an activating group) is 1. The number of aliphatic imine (C=N–C) groups is 1. The van der Waals surface area contributed by atoms with Crippen LogP contribution in [0.2, 0.25) is 0 Å². The van der Waals surface area contributed by atoms with Gasteiger partial charge in [0.05, 0.1) is 6.54 Å². The van der Waals surface area contributed by atoms with E-state index in [4.69, 9.17) is 4.74 Å². The summed E-state index contributed by atoms with van der Waals surface area (Å²) in [7, 11) is 2.08. The number of ether oxygens (including phenoxy) is 1. The Labute approximate surface area is 203 Å². The number of hydrogen-bond acceptors (Lipinski definition) is 7. The third-order valence-corrected chi connectivity index (χ3v) is 6.98. The number of benzene rings is 1. The Morgan fingerprint density at radius 3 is 2.63 bits per heavy atom. The Morgan fingerprint density at radius 1 is 1.06 bits per heavy atom. The number of nitrogens with one attached hydrogen (secondary N) is 1. The van der Waals surface area contributed by atoms with Crippen molar-refractivity contribution in [3.63, 3.8) is 0 Å². The van der Waals surface area contributed by atoms with Crippen LogP contribution in [0.25, 0.3) is 6.08 Å². The van der Waals surface area contributed by atoms with Gasteiger partial charge in [-0.25, -0.2) is 8.78 Å². The van der Waals surface area contributed by atoms with Crippen molar-refractivity contribution in [2.75, 3.05) is 50.0 Å². The zero-order valence-corrected chi connectivity index (χ0v) is 19.9. The van der Waals surface area contributed by atoms with E-state index in [9.17, 15) is 4.39 Å². The molecule has 0 spiro atoms. The quantitative estimate of drug-likeness (QED) is 0.687. The van der Waals surface area contributed by atoms with Gasteiger partial charge < -0.3 is 19.9 Å². The van der Waals surface area contributed by atoms with Crippen molar-refractivity contribution in [3.8, 4) is 11.6 Å². The third-order valence-electron chi connectivity index (χ3n) is 6.98. The number of amidine groups is 1. The van der Waals surface area contributed by atoms with Crippen LogP contribution in [0, 0.1) is 17.6 Å². The largest absolute Gasteiger partial charge is 0.433 e. The number of piperazine rings is 1. The monoisotopic (exact) mass is 478 g/mol. The first-order valence-corrected chi connectivity index (χ1v) is 12.1. The number of rotatable bonds is 5. The lowest BCUT2D eigenvalue weighted by atomic mass is 10.1. The highest BCUT2D eigenvalue weighted by Crippen LogP contribution is 2.38. The van der Waals surface area contributed by atoms with Crippen LogP contribution < -0.4 is 15.0 Å². The van der Waals surface area contributed by atoms with Gasteiger partial charge in [0.2, 0.25) is 17.6 Å². The van der Waals surface area contributed by atoms with Crippen LogP contribution in [0.4, 0.5) is 20.5 Å². The number of nitrogens with zero attached hydrogens (tertiary/aromatic N) is 5. The summed E-state index contributed by atoms with van der Waals surface area (Å²) in [6.07, 6.45) is 6.76. The second-order valence-corrected chi connectivity index (χ2v) is 9.84. The summed E-state index contributed by atoms with van der Waals surface area (Å²) in [6.45, 7) is 5.94. The van der Waals surface area contributed by atoms with E-state index in [0.29, 0.717) is 47.6 Å². The van der Waals surface area contributed by atoms with Crippen molar-refractivity contribution in [2.24, 2.45) is 10.9 Å². The molecule has 1 aromatic carbocycles. The Morgan fingerprint density at radius 2 is 1.86 bits per heavy atom. The predicted octanol–water partition coefficient (Wildman–Crippen LogP) is 4.42. The fourth-order valence-electron chi connectivity index (χ4n) is 4.82. The molecule has 2 aliphatic carbocycles. The average molecular weight is 479 g/mol. The molecule has 6 rings (SSSR count). The Hall–Kier alpha value is -3.33. The number of hydrogen-bond donors (Lipinski definition) is 1. The van der Waals surface area contributed by atoms with E-state index in [1.54, 1.807) is 12.1 Å². The van der Waals surface area contributed by atoms with Gasteiger partial charge in [-0.3, -0.25) is 4.99 Å². The molecule has 0 bridgehead atoms. The molecule has 35 heavy (non-hydrogen) atoms. The molecule has 1 saturated carbocycles. The van der Waals surface area contributed by atoms with Gasteiger partial charge in [-0.2, -0.15) is 9.97 Å². The number of allylic oxidation sites excluding steroid dienone is 1. The van der Waals surface area contributed by atoms with Gasteiger partial charge in [0, 0.05) is 37.8 Å². The maximum absolute atomic E-state index is 15.2. The van der Waals surface area contributed by atoms with Crippen molar-refractivity contribution in [3.05, 3.63) is 52.1 Å². The Kier molecular flexibility index (Phi) is 5.51. The summed E-state index contributed by atoms with van der Waals surface area (Å²) >= 11 is 0. The minimum absolute atomic E-state index is 0.0814. The molecule has 9 heteroatoms. The molecule has 1 N–H and O–H groups in total. The average Bonchev–Trinajstić information content (AvgIpc) is 3.47. The molecule has 4 aliphatic rings. The highest BCUT2D eigenvalue weighted by atomic mass is 19.1. The number of anilines is 2. The fraction of sp³-hybridized carbons (Fsp3) is 0.423. The molecule has 3 heterocycles. The zero-order chi connectivity index (χ0) is 24.1. The summed E-state index contributed by atoms with van der Waals surface area (Å²) in [6, 6.07) is 2.99. The van der Waals surface area contributed by atoms with E-state index in [0.717, 1.165) is 31.8 Å². The molecule has 2 fully saturated rings. The summed E-state index contributed by atoms with van der Waals surface area (Å²) in [5.41, 5.74) is 3.32. The van der Waals surface area contributed by atoms with Gasteiger partial charge in [0.25, 0.3) is 0 Å². The predicted molar refractivity (Wildman–Crippen MR) is 132 cm³/mol. The standard InChI is InChI=1S/C26H28F2N6O/c1-15-9-17-11-20(27)25(24(28)19(17)10-15)35-23-13-22(34-7-5-33(2)6-8-34)31-26(32-23)30-21-12-18(14-29-21)16-3-4-16/h10-13,16H,3-9,14H2,1-2H3,(H,29,30,31,32). The SMILES string of the molecule is CC1=Cc2c(cc(F)c(Oc3cc(N4CCN(C)CC4)nc(NC4=NCC(C5CC5)=C4)n3)c2F)C1. The normalized spacial score (nSPS) is 19.9. The topological polar surface area (TPSA) is 65.9 Å². The van der Waals surface area contributed by atoms with Crippen LogP contribution in [0.1, 0.15) is 30.9 Å². The van der Waals surface area contributed by atoms with Crippen molar-refractivity contribution in [1.82, 2.24) is 14.9 Å². The van der Waals surface area contributed by atoms with Crippen LogP contribution in [0.15, 0.2) is 34.3 Å². The minimum Gasteiger partial charge on any atom is -0.433 e. The number of aromatic nitrogens is 2. The third kappa shape index (κ3) is 4.52. The van der Waals surface area contributed by atoms with Gasteiger partial charge in [-0.15, -0.1) is 0 Å². The van der Waals surface area contributed by atoms with Crippen LogP contribution in [-0.2, 0) is 6.42 Å². The molecule has 2 aromatic rings. The summed E-state index contributed by atoms with van der Waals surface area (Å²) < 4.78 is 35.9. The highest BCUT2D eigenvalue weighted by molar-refractivity contribution is 6.05. The molecule has 0 unspecified atom stereocenters. The number of halogens is 2. The second kappa shape index (κ2) is 8.71. The first-order chi connectivity index (χ1) is 16.9. The molecular weight excluding hydrogens is 450 g/mol. The Bertz CT molecular complexity index is 1280. The molecular formula is C26H28F2N6O. The maximum atomic E-state index is 15.2. The van der Waals surface area contributed by atoms with Gasteiger partial charge in [-0.1, -0.05) is 11.6 Å². The van der Waals surface area contributed by atoms with E-state index < -0.39 is 17.4 Å². The van der Waals surface area contributed by atoms with E-state index in [1.165, 1.54) is 24.5 Å². The van der Waals surface area contributed by atoms with Gasteiger partial charge in [0.1, 0.15) is 11.7 Å². The summed E-state index contributed by atoms with van der Waals surface area (Å²) in [5, 5.41) is 3.18. The van der Waals surface area contributed by atoms with E-state index >= 15 is 4.39 Å². The minimum atomic E-state index is -0.740. The van der Waals surface area contributed by atoms with Crippen LogP contribution in [-0.4, -0.2) is 60.5 Å². The van der Waals surface area contributed by atoms with Crippen molar-refractivity contribution in [1.29, 1.82) is 0 Å². The highest BCUT2D eigenvalue weighted by Gasteiger charge is 2.28. The molecule has 7 nitrogen and oxygen atoms in total. The lowest BCUT2D eigenvalue weighted by Crippen LogP contribution is -2.44. The van der Waals surface area contributed by atoms with Gasteiger partial charge >= 0.3 is 0 Å². The van der Waals surface area contributed by atoms with Crippen LogP contribution in [0.3, 0.4) is 0 Å². The van der Waals surface area contributed by atoms with Gasteiger partial charge in [0.15, 0.2) is 11.6 Å². The molecule has 0 atom stereocenters. The number of fused-ring (bicyclic) bond motifs is 1. The Balaban J connectivity index is 1.32. The summed E-state index contributed by atoms with van der Waals surface area (Å²) in [5.74, 6) is 0.464. The van der Waals surface area contributed by atoms with Gasteiger partial charge in [-0.05, 0) is 62.4 Å². The van der Waals surface area contributed by atoms with Crippen molar-refractivity contribution in [2.45, 2.75) is 26.2 Å². The van der Waals surface area contributed by atoms with Crippen molar-refractivity contribution < 1.29 is 13.5 Å². The van der Waals surface area contributed by atoms with E-state index in [-0.39, 0.29) is 5.88 Å². The lowest BCUT2D eigenvalue weighted by Gasteiger charge is -2.33. The van der Waals surface area contributed by atoms with Crippen LogP contribution in [0.5, 0.6) is 11.6 Å². The first-order valence-electron chi connectivity index (χ1n) is 12.1. The van der Waals surface area contributed by atoms with E-state index in [1.807, 2.05) is 6.92 Å². The molecule has 182 valence electrons. The smallest absolute Gasteiger partial charge is 0.233 e. The summed E-state index contributed by atoms with van der Waals surface area (Å²) in [4.78, 5) is 18.1. The van der Waals surface area contributed by atoms with Crippen molar-refractivity contribution >= 4 is 23.7 Å². The first kappa shape index (κ1) is 22.2. The second-order valence-electron chi connectivity index (χ2n) is 9.84. The van der Waals surface area contributed by atoms with Crippen LogP contribution >= 0.6 is 0 Å². The van der Waals surface area contributed by atoms with E-state index in [2.05, 4.69) is 43.2 Å². The molecule has 2 aliphatic heterocycles. The zero-order valence-electron chi connectivity index (χ0n) is 19.9. The maximum Gasteiger partial charge on any atom is 0.233 e. The molecule has 1 aromatic heterocycles. The lowest BCUT2D eigenvalue weighted by molar-refractivity contribution is 0.312.